The summed E-state index contributed by atoms with van der Waals surface area (Å²) in [4.78, 5) is 11.8. The van der Waals surface area contributed by atoms with E-state index in [0.717, 1.165) is 0 Å². The molecule has 0 fully saturated rings. The van der Waals surface area contributed by atoms with Crippen molar-refractivity contribution in [3.63, 3.8) is 0 Å². The Kier molecular flexibility index (Phi) is 5.78. The van der Waals surface area contributed by atoms with E-state index in [1.165, 1.54) is 0 Å². The fraction of sp³-hybridized carbons (Fsp3) is 0.500. The van der Waals surface area contributed by atoms with Crippen LogP contribution >= 0.6 is 0 Å². The fourth-order valence-electron chi connectivity index (χ4n) is 1.79. The summed E-state index contributed by atoms with van der Waals surface area (Å²) in [5, 5.41) is 18.9. The topological polar surface area (TPSA) is 70.0 Å². The van der Waals surface area contributed by atoms with Gasteiger partial charge < -0.3 is 9.84 Å². The van der Waals surface area contributed by atoms with Crippen molar-refractivity contribution >= 4 is 6.09 Å². The number of nitrogens with zero attached hydrogens (tertiary/aromatic N) is 1. The van der Waals surface area contributed by atoms with Crippen molar-refractivity contribution in [1.29, 1.82) is 0 Å². The molecule has 124 valence electrons. The average Bonchev–Trinajstić information content (AvgIpc) is 2.37. The molecule has 1 amide bonds. The van der Waals surface area contributed by atoms with Crippen LogP contribution in [0.4, 0.5) is 18.0 Å². The van der Waals surface area contributed by atoms with Crippen LogP contribution in [-0.2, 0) is 4.74 Å². The van der Waals surface area contributed by atoms with Crippen molar-refractivity contribution in [3.05, 3.63) is 35.1 Å². The van der Waals surface area contributed by atoms with Crippen molar-refractivity contribution in [2.75, 3.05) is 6.61 Å². The van der Waals surface area contributed by atoms with Gasteiger partial charge in [0.1, 0.15) is 11.4 Å². The summed E-state index contributed by atoms with van der Waals surface area (Å²) in [6.07, 6.45) is -1.56. The molecule has 1 unspecified atom stereocenters. The van der Waals surface area contributed by atoms with E-state index in [1.54, 1.807) is 20.8 Å². The summed E-state index contributed by atoms with van der Waals surface area (Å²) in [5.41, 5.74) is -1.53. The zero-order valence-corrected chi connectivity index (χ0v) is 12.4. The smallest absolute Gasteiger partial charge is 0.434 e. The van der Waals surface area contributed by atoms with Crippen LogP contribution in [0, 0.1) is 17.5 Å². The van der Waals surface area contributed by atoms with E-state index in [0.29, 0.717) is 12.1 Å². The second kappa shape index (κ2) is 6.97. The van der Waals surface area contributed by atoms with Crippen molar-refractivity contribution in [1.82, 2.24) is 5.06 Å². The first-order valence-electron chi connectivity index (χ1n) is 6.53. The van der Waals surface area contributed by atoms with Crippen LogP contribution in [-0.4, -0.2) is 33.7 Å². The van der Waals surface area contributed by atoms with Crippen molar-refractivity contribution in [2.24, 2.45) is 0 Å². The molecule has 1 aromatic carbocycles. The second-order valence-corrected chi connectivity index (χ2v) is 5.64. The number of carbonyl (C=O) groups excluding carboxylic acids is 1. The van der Waals surface area contributed by atoms with Gasteiger partial charge in [-0.1, -0.05) is 0 Å². The number of aliphatic hydroxyl groups is 1. The minimum Gasteiger partial charge on any atom is -0.442 e. The number of ether oxygens (including phenoxy) is 1. The molecular formula is C14H18F3NO4. The van der Waals surface area contributed by atoms with Gasteiger partial charge in [0.15, 0.2) is 11.6 Å². The number of hydrogen-bond donors (Lipinski definition) is 2. The lowest BCUT2D eigenvalue weighted by Gasteiger charge is -2.29. The summed E-state index contributed by atoms with van der Waals surface area (Å²) in [6.45, 7) is 4.08. The van der Waals surface area contributed by atoms with Gasteiger partial charge in [-0.25, -0.2) is 18.0 Å². The van der Waals surface area contributed by atoms with Crippen LogP contribution in [0.2, 0.25) is 0 Å². The van der Waals surface area contributed by atoms with E-state index < -0.39 is 47.4 Å². The molecule has 0 aromatic heterocycles. The molecule has 0 aliphatic heterocycles. The maximum Gasteiger partial charge on any atom is 0.434 e. The second-order valence-electron chi connectivity index (χ2n) is 5.64. The Morgan fingerprint density at radius 2 is 1.91 bits per heavy atom. The van der Waals surface area contributed by atoms with Gasteiger partial charge in [-0.15, -0.1) is 0 Å². The van der Waals surface area contributed by atoms with Crippen LogP contribution in [0.25, 0.3) is 0 Å². The van der Waals surface area contributed by atoms with Gasteiger partial charge in [0, 0.05) is 18.2 Å². The van der Waals surface area contributed by atoms with E-state index in [9.17, 15) is 23.2 Å². The molecule has 0 radical (unpaired) electrons. The number of hydroxylamine groups is 2. The predicted molar refractivity (Wildman–Crippen MR) is 70.6 cm³/mol. The van der Waals surface area contributed by atoms with Crippen LogP contribution in [0.1, 0.15) is 38.8 Å². The monoisotopic (exact) mass is 321 g/mol. The number of benzene rings is 1. The summed E-state index contributed by atoms with van der Waals surface area (Å²) < 4.78 is 45.2. The standard InChI is InChI=1S/C14H18F3NO4/c1-14(2,3)22-13(20)18(21)11(4-5-19)9-6-8(15)7-10(16)12(9)17/h6-7,11,19,21H,4-5H2,1-3H3. The zero-order valence-electron chi connectivity index (χ0n) is 12.4. The molecule has 1 atom stereocenters. The largest absolute Gasteiger partial charge is 0.442 e. The molecule has 0 spiro atoms. The highest BCUT2D eigenvalue weighted by atomic mass is 19.2. The Bertz CT molecular complexity index is 546. The molecule has 1 rings (SSSR count). The molecule has 2 N–H and O–H groups in total. The highest BCUT2D eigenvalue weighted by Gasteiger charge is 2.31. The third kappa shape index (κ3) is 4.60. The number of halogens is 3. The van der Waals surface area contributed by atoms with Gasteiger partial charge >= 0.3 is 6.09 Å². The Balaban J connectivity index is 3.16. The molecule has 8 heteroatoms. The maximum absolute atomic E-state index is 13.8. The zero-order chi connectivity index (χ0) is 17.1. The summed E-state index contributed by atoms with van der Waals surface area (Å²) in [7, 11) is 0. The van der Waals surface area contributed by atoms with E-state index in [-0.39, 0.29) is 11.5 Å². The molecule has 22 heavy (non-hydrogen) atoms. The van der Waals surface area contributed by atoms with Gasteiger partial charge in [-0.2, -0.15) is 5.06 Å². The minimum absolute atomic E-state index is 0.0127. The van der Waals surface area contributed by atoms with E-state index >= 15 is 0 Å². The molecule has 5 nitrogen and oxygen atoms in total. The fourth-order valence-corrected chi connectivity index (χ4v) is 1.79. The normalized spacial score (nSPS) is 12.9. The number of rotatable bonds is 4. The lowest BCUT2D eigenvalue weighted by Crippen LogP contribution is -2.38. The van der Waals surface area contributed by atoms with Gasteiger partial charge in [-0.05, 0) is 33.3 Å². The number of hydrogen-bond acceptors (Lipinski definition) is 4. The lowest BCUT2D eigenvalue weighted by atomic mass is 10.0. The number of aliphatic hydroxyl groups excluding tert-OH is 1. The van der Waals surface area contributed by atoms with Crippen molar-refractivity contribution in [2.45, 2.75) is 38.8 Å². The Hall–Kier alpha value is -1.80. The maximum atomic E-state index is 13.8. The molecule has 0 bridgehead atoms. The van der Waals surface area contributed by atoms with Crippen LogP contribution < -0.4 is 0 Å². The highest BCUT2D eigenvalue weighted by molar-refractivity contribution is 5.67. The SMILES string of the molecule is CC(C)(C)OC(=O)N(O)C(CCO)c1cc(F)cc(F)c1F. The van der Waals surface area contributed by atoms with Gasteiger partial charge in [0.25, 0.3) is 0 Å². The first-order valence-corrected chi connectivity index (χ1v) is 6.53. The molecular weight excluding hydrogens is 303 g/mol. The molecule has 0 heterocycles. The van der Waals surface area contributed by atoms with Crippen molar-refractivity contribution in [3.8, 4) is 0 Å². The Morgan fingerprint density at radius 3 is 2.41 bits per heavy atom. The van der Waals surface area contributed by atoms with Gasteiger partial charge in [0.05, 0.1) is 6.04 Å². The first kappa shape index (κ1) is 18.2. The van der Waals surface area contributed by atoms with Crippen molar-refractivity contribution < 1.29 is 33.0 Å². The minimum atomic E-state index is -1.50. The van der Waals surface area contributed by atoms with Crippen LogP contribution in [0.3, 0.4) is 0 Å². The molecule has 0 saturated carbocycles. The first-order chi connectivity index (χ1) is 10.1. The molecule has 0 aliphatic rings. The Labute approximate surface area is 125 Å². The third-order valence-electron chi connectivity index (χ3n) is 2.66. The van der Waals surface area contributed by atoms with Crippen LogP contribution in [0.5, 0.6) is 0 Å². The van der Waals surface area contributed by atoms with E-state index in [2.05, 4.69) is 0 Å². The van der Waals surface area contributed by atoms with E-state index in [1.807, 2.05) is 0 Å². The predicted octanol–water partition coefficient (Wildman–Crippen LogP) is 3.15. The van der Waals surface area contributed by atoms with Gasteiger partial charge in [-0.3, -0.25) is 5.21 Å². The highest BCUT2D eigenvalue weighted by Crippen LogP contribution is 2.28. The number of amides is 1. The summed E-state index contributed by atoms with van der Waals surface area (Å²) in [6, 6.07) is -0.513. The summed E-state index contributed by atoms with van der Waals surface area (Å²) in [5.74, 6) is -3.95. The average molecular weight is 321 g/mol. The van der Waals surface area contributed by atoms with E-state index in [4.69, 9.17) is 9.84 Å². The lowest BCUT2D eigenvalue weighted by molar-refractivity contribution is -0.125. The number of carbonyl (C=O) groups is 1. The molecule has 0 aliphatic carbocycles. The van der Waals surface area contributed by atoms with Crippen LogP contribution in [0.15, 0.2) is 12.1 Å². The Morgan fingerprint density at radius 1 is 1.32 bits per heavy atom. The summed E-state index contributed by atoms with van der Waals surface area (Å²) >= 11 is 0. The quantitative estimate of drug-likeness (QED) is 0.508. The molecule has 1 aromatic rings. The molecule has 0 saturated heterocycles. The van der Waals surface area contributed by atoms with Gasteiger partial charge in [0.2, 0.25) is 0 Å². The third-order valence-corrected chi connectivity index (χ3v) is 2.66.